The quantitative estimate of drug-likeness (QED) is 0.179. The van der Waals surface area contributed by atoms with Crippen molar-refractivity contribution in [1.82, 2.24) is 16.0 Å². The zero-order chi connectivity index (χ0) is 29.8. The molecule has 1 aromatic heterocycles. The number of benzene rings is 2. The third-order valence-electron chi connectivity index (χ3n) is 5.28. The second-order valence-corrected chi connectivity index (χ2v) is 9.52. The van der Waals surface area contributed by atoms with Crippen LogP contribution in [-0.4, -0.2) is 60.9 Å². The Bertz CT molecular complexity index is 1400. The Balaban J connectivity index is 1.65. The molecule has 1 unspecified atom stereocenters. The number of phenols is 1. The van der Waals surface area contributed by atoms with Crippen molar-refractivity contribution in [1.29, 1.82) is 0 Å². The van der Waals surface area contributed by atoms with Crippen molar-refractivity contribution >= 4 is 52.8 Å². The van der Waals surface area contributed by atoms with E-state index < -0.39 is 42.7 Å². The summed E-state index contributed by atoms with van der Waals surface area (Å²) >= 11 is 7.47. The van der Waals surface area contributed by atoms with Crippen LogP contribution >= 0.6 is 22.9 Å². The molecule has 0 radical (unpaired) electrons. The third-order valence-corrected chi connectivity index (χ3v) is 6.46. The lowest BCUT2D eigenvalue weighted by molar-refractivity contribution is -0.155. The summed E-state index contributed by atoms with van der Waals surface area (Å²) in [6.07, 6.45) is -1.05. The van der Waals surface area contributed by atoms with Crippen molar-refractivity contribution in [2.45, 2.75) is 19.5 Å². The zero-order valence-corrected chi connectivity index (χ0v) is 23.3. The third kappa shape index (κ3) is 9.51. The summed E-state index contributed by atoms with van der Waals surface area (Å²) in [7, 11) is 0. The Hall–Kier alpha value is -4.62. The minimum absolute atomic E-state index is 0.0543. The molecule has 2 aromatic carbocycles. The molecule has 0 aliphatic heterocycles. The highest BCUT2D eigenvalue weighted by Crippen LogP contribution is 2.19. The number of amides is 3. The summed E-state index contributed by atoms with van der Waals surface area (Å²) in [4.78, 5) is 62.3. The average molecular weight is 604 g/mol. The molecule has 1 heterocycles. The highest BCUT2D eigenvalue weighted by atomic mass is 35.5. The summed E-state index contributed by atoms with van der Waals surface area (Å²) in [5.41, 5.74) is 0.792. The topological polar surface area (TPSA) is 169 Å². The smallest absolute Gasteiger partial charge is 0.508 e. The number of nitrogens with one attached hydrogen (secondary N) is 3. The van der Waals surface area contributed by atoms with Crippen LogP contribution in [-0.2, 0) is 25.5 Å². The predicted octanol–water partition coefficient (Wildman–Crippen LogP) is 3.24. The van der Waals surface area contributed by atoms with Gasteiger partial charge in [-0.05, 0) is 54.3 Å². The highest BCUT2D eigenvalue weighted by Gasteiger charge is 2.26. The van der Waals surface area contributed by atoms with E-state index in [2.05, 4.69) is 25.4 Å². The number of ether oxygens (including phenoxy) is 3. The first-order valence-corrected chi connectivity index (χ1v) is 13.4. The molecule has 41 heavy (non-hydrogen) atoms. The first kappa shape index (κ1) is 30.9. The van der Waals surface area contributed by atoms with Crippen LogP contribution in [0.3, 0.4) is 0 Å². The predicted molar refractivity (Wildman–Crippen MR) is 148 cm³/mol. The first-order valence-electron chi connectivity index (χ1n) is 12.1. The normalized spacial score (nSPS) is 11.1. The second-order valence-electron chi connectivity index (χ2n) is 8.17. The maximum atomic E-state index is 13.0. The molecule has 4 N–H and O–H groups in total. The van der Waals surface area contributed by atoms with Crippen molar-refractivity contribution in [3.05, 3.63) is 86.6 Å². The summed E-state index contributed by atoms with van der Waals surface area (Å²) in [5, 5.41) is 18.8. The van der Waals surface area contributed by atoms with E-state index in [9.17, 15) is 29.1 Å². The molecule has 0 spiro atoms. The van der Waals surface area contributed by atoms with Gasteiger partial charge in [0, 0.05) is 18.7 Å². The van der Waals surface area contributed by atoms with Gasteiger partial charge in [0.15, 0.2) is 0 Å². The minimum atomic E-state index is -1.39. The zero-order valence-electron chi connectivity index (χ0n) is 21.7. The van der Waals surface area contributed by atoms with E-state index in [1.165, 1.54) is 41.7 Å². The molecule has 14 heteroatoms. The molecular formula is C27H26ClN3O9S. The van der Waals surface area contributed by atoms with Gasteiger partial charge in [-0.3, -0.25) is 14.4 Å². The molecule has 0 aliphatic rings. The Morgan fingerprint density at radius 1 is 0.927 bits per heavy atom. The van der Waals surface area contributed by atoms with Gasteiger partial charge in [-0.1, -0.05) is 29.8 Å². The standard InChI is InChI=1S/C27H26ClN3O9S/c1-2-38-27(37)40-15-39-26(36)21(14-30-25(35)22-7-4-10-41-22)31-24(34)19-9-8-17(12-20(19)28)23(33)29-13-16-5-3-6-18(32)11-16/h3-12,21,32H,2,13-15H2,1H3,(H,29,33)(H,30,35)(H,31,34). The summed E-state index contributed by atoms with van der Waals surface area (Å²) in [6.45, 7) is 0.632. The van der Waals surface area contributed by atoms with Crippen LogP contribution in [0.15, 0.2) is 60.0 Å². The van der Waals surface area contributed by atoms with Gasteiger partial charge in [-0.2, -0.15) is 0 Å². The monoisotopic (exact) mass is 603 g/mol. The maximum Gasteiger partial charge on any atom is 0.511 e. The fraction of sp³-hybridized carbons (Fsp3) is 0.222. The van der Waals surface area contributed by atoms with Crippen LogP contribution < -0.4 is 16.0 Å². The van der Waals surface area contributed by atoms with Crippen molar-refractivity contribution in [2.75, 3.05) is 19.9 Å². The number of aromatic hydroxyl groups is 1. The molecule has 0 saturated heterocycles. The Morgan fingerprint density at radius 2 is 1.73 bits per heavy atom. The van der Waals surface area contributed by atoms with Gasteiger partial charge in [0.05, 0.1) is 22.1 Å². The number of rotatable bonds is 12. The van der Waals surface area contributed by atoms with Gasteiger partial charge in [0.25, 0.3) is 17.7 Å². The molecular weight excluding hydrogens is 578 g/mol. The maximum absolute atomic E-state index is 13.0. The molecule has 0 fully saturated rings. The number of carbonyl (C=O) groups is 5. The van der Waals surface area contributed by atoms with Gasteiger partial charge in [-0.25, -0.2) is 9.59 Å². The summed E-state index contributed by atoms with van der Waals surface area (Å²) in [6, 6.07) is 12.2. The summed E-state index contributed by atoms with van der Waals surface area (Å²) < 4.78 is 14.1. The van der Waals surface area contributed by atoms with E-state index in [1.807, 2.05) is 0 Å². The number of halogens is 1. The van der Waals surface area contributed by atoms with E-state index in [1.54, 1.807) is 36.6 Å². The number of esters is 1. The Morgan fingerprint density at radius 3 is 2.41 bits per heavy atom. The van der Waals surface area contributed by atoms with Crippen molar-refractivity contribution in [3.8, 4) is 5.75 Å². The van der Waals surface area contributed by atoms with Crippen LogP contribution in [0, 0.1) is 0 Å². The Labute approximate surface area is 243 Å². The van der Waals surface area contributed by atoms with Crippen LogP contribution in [0.1, 0.15) is 42.9 Å². The van der Waals surface area contributed by atoms with E-state index in [-0.39, 0.29) is 41.6 Å². The lowest BCUT2D eigenvalue weighted by atomic mass is 10.1. The largest absolute Gasteiger partial charge is 0.511 e. The lowest BCUT2D eigenvalue weighted by Gasteiger charge is -2.18. The van der Waals surface area contributed by atoms with E-state index in [4.69, 9.17) is 16.3 Å². The van der Waals surface area contributed by atoms with Crippen molar-refractivity contribution < 1.29 is 43.3 Å². The minimum Gasteiger partial charge on any atom is -0.508 e. The van der Waals surface area contributed by atoms with E-state index >= 15 is 0 Å². The lowest BCUT2D eigenvalue weighted by Crippen LogP contribution is -2.49. The second kappa shape index (κ2) is 15.2. The van der Waals surface area contributed by atoms with Crippen LogP contribution in [0.4, 0.5) is 4.79 Å². The summed E-state index contributed by atoms with van der Waals surface area (Å²) in [5.74, 6) is -2.68. The number of hydrogen-bond acceptors (Lipinski definition) is 10. The van der Waals surface area contributed by atoms with Crippen LogP contribution in [0.25, 0.3) is 0 Å². The molecule has 216 valence electrons. The van der Waals surface area contributed by atoms with E-state index in [0.29, 0.717) is 10.4 Å². The SMILES string of the molecule is CCOC(=O)OCOC(=O)C(CNC(=O)c1cccs1)NC(=O)c1ccc(C(=O)NCc2cccc(O)c2)cc1Cl. The van der Waals surface area contributed by atoms with Gasteiger partial charge < -0.3 is 35.3 Å². The highest BCUT2D eigenvalue weighted by molar-refractivity contribution is 7.12. The van der Waals surface area contributed by atoms with Gasteiger partial charge in [0.1, 0.15) is 11.8 Å². The molecule has 3 amide bonds. The number of phenolic OH excluding ortho intramolecular Hbond substituents is 1. The fourth-order valence-corrected chi connectivity index (χ4v) is 4.21. The molecule has 0 bridgehead atoms. The molecule has 3 rings (SSSR count). The van der Waals surface area contributed by atoms with Crippen molar-refractivity contribution in [3.63, 3.8) is 0 Å². The molecule has 0 aliphatic carbocycles. The molecule has 0 saturated carbocycles. The first-order chi connectivity index (χ1) is 19.7. The molecule has 12 nitrogen and oxygen atoms in total. The number of thiophene rings is 1. The molecule has 3 aromatic rings. The average Bonchev–Trinajstić information content (AvgIpc) is 3.49. The molecule has 1 atom stereocenters. The fourth-order valence-electron chi connectivity index (χ4n) is 3.31. The van der Waals surface area contributed by atoms with Crippen LogP contribution in [0.2, 0.25) is 5.02 Å². The van der Waals surface area contributed by atoms with Crippen LogP contribution in [0.5, 0.6) is 5.75 Å². The van der Waals surface area contributed by atoms with Crippen molar-refractivity contribution in [2.24, 2.45) is 0 Å². The van der Waals surface area contributed by atoms with Gasteiger partial charge in [-0.15, -0.1) is 11.3 Å². The Kier molecular flexibility index (Phi) is 11.5. The number of carbonyl (C=O) groups excluding carboxylic acids is 5. The van der Waals surface area contributed by atoms with Gasteiger partial charge >= 0.3 is 12.1 Å². The van der Waals surface area contributed by atoms with Gasteiger partial charge in [0.2, 0.25) is 6.79 Å². The van der Waals surface area contributed by atoms with E-state index in [0.717, 1.165) is 0 Å². The number of hydrogen-bond donors (Lipinski definition) is 4.